The Hall–Kier alpha value is -2.97. The van der Waals surface area contributed by atoms with E-state index in [2.05, 4.69) is 10.2 Å². The molecule has 0 fully saturated rings. The van der Waals surface area contributed by atoms with Crippen molar-refractivity contribution in [1.29, 1.82) is 0 Å². The first-order valence-electron chi connectivity index (χ1n) is 9.59. The van der Waals surface area contributed by atoms with Crippen LogP contribution in [0.25, 0.3) is 21.5 Å². The molecule has 0 atom stereocenters. The van der Waals surface area contributed by atoms with Crippen LogP contribution in [-0.4, -0.2) is 43.8 Å². The Bertz CT molecular complexity index is 1210. The van der Waals surface area contributed by atoms with E-state index in [1.54, 1.807) is 35.2 Å². The van der Waals surface area contributed by atoms with E-state index in [1.807, 2.05) is 53.4 Å². The molecule has 1 aliphatic heterocycles. The lowest BCUT2D eigenvalue weighted by Crippen LogP contribution is -2.41. The quantitative estimate of drug-likeness (QED) is 0.254. The third kappa shape index (κ3) is 3.12. The van der Waals surface area contributed by atoms with E-state index in [1.165, 1.54) is 4.90 Å². The fourth-order valence-corrected chi connectivity index (χ4v) is 5.31. The predicted molar refractivity (Wildman–Crippen MR) is 119 cm³/mol. The van der Waals surface area contributed by atoms with Crippen LogP contribution in [0.1, 0.15) is 27.1 Å². The number of amides is 2. The van der Waals surface area contributed by atoms with E-state index >= 15 is 0 Å². The number of imide groups is 1. The number of benzene rings is 2. The van der Waals surface area contributed by atoms with Crippen molar-refractivity contribution in [3.8, 4) is 10.7 Å². The molecule has 8 heteroatoms. The highest BCUT2D eigenvalue weighted by Gasteiger charge is 2.32. The Balaban J connectivity index is 1.27. The molecule has 0 saturated carbocycles. The van der Waals surface area contributed by atoms with Crippen LogP contribution in [0.4, 0.5) is 0 Å². The standard InChI is InChI=1S/C22H18N4O2S2/c1-25-19(17-10-4-12-29-17)23-24-22(25)30-13-5-11-26-20(27)15-8-2-6-14-7-3-9-16(18(14)15)21(26)28/h2-4,6-10,12H,5,11,13H2,1H3. The van der Waals surface area contributed by atoms with Crippen molar-refractivity contribution in [3.05, 3.63) is 65.0 Å². The highest BCUT2D eigenvalue weighted by atomic mass is 32.2. The third-order valence-electron chi connectivity index (χ3n) is 5.19. The summed E-state index contributed by atoms with van der Waals surface area (Å²) in [6.07, 6.45) is 0.682. The summed E-state index contributed by atoms with van der Waals surface area (Å²) < 4.78 is 1.98. The molecule has 0 spiro atoms. The normalized spacial score (nSPS) is 13.4. The van der Waals surface area contributed by atoms with Gasteiger partial charge in [-0.2, -0.15) is 0 Å². The molecular weight excluding hydrogens is 416 g/mol. The fourth-order valence-electron chi connectivity index (χ4n) is 3.73. The van der Waals surface area contributed by atoms with Crippen molar-refractivity contribution in [2.75, 3.05) is 12.3 Å². The van der Waals surface area contributed by atoms with E-state index in [9.17, 15) is 9.59 Å². The third-order valence-corrected chi connectivity index (χ3v) is 7.16. The van der Waals surface area contributed by atoms with Gasteiger partial charge in [0.05, 0.1) is 4.88 Å². The first-order valence-corrected chi connectivity index (χ1v) is 11.5. The van der Waals surface area contributed by atoms with Crippen LogP contribution in [0.15, 0.2) is 59.1 Å². The van der Waals surface area contributed by atoms with Gasteiger partial charge in [-0.05, 0) is 35.4 Å². The van der Waals surface area contributed by atoms with Crippen molar-refractivity contribution in [3.63, 3.8) is 0 Å². The van der Waals surface area contributed by atoms with E-state index in [-0.39, 0.29) is 11.8 Å². The van der Waals surface area contributed by atoms with Crippen LogP contribution in [-0.2, 0) is 7.05 Å². The molecule has 6 nitrogen and oxygen atoms in total. The highest BCUT2D eigenvalue weighted by Crippen LogP contribution is 2.30. The summed E-state index contributed by atoms with van der Waals surface area (Å²) in [6, 6.07) is 15.2. The van der Waals surface area contributed by atoms with Crippen molar-refractivity contribution in [1.82, 2.24) is 19.7 Å². The first-order chi connectivity index (χ1) is 14.6. The van der Waals surface area contributed by atoms with Gasteiger partial charge in [0.15, 0.2) is 11.0 Å². The van der Waals surface area contributed by atoms with Gasteiger partial charge < -0.3 is 4.57 Å². The number of hydrogen-bond acceptors (Lipinski definition) is 6. The maximum atomic E-state index is 12.9. The van der Waals surface area contributed by atoms with Crippen LogP contribution < -0.4 is 0 Å². The second kappa shape index (κ2) is 7.70. The molecule has 0 unspecified atom stereocenters. The summed E-state index contributed by atoms with van der Waals surface area (Å²) in [7, 11) is 1.95. The number of rotatable bonds is 6. The van der Waals surface area contributed by atoms with E-state index in [4.69, 9.17) is 0 Å². The average Bonchev–Trinajstić information content (AvgIpc) is 3.41. The molecule has 0 N–H and O–H groups in total. The van der Waals surface area contributed by atoms with E-state index < -0.39 is 0 Å². The maximum Gasteiger partial charge on any atom is 0.261 e. The van der Waals surface area contributed by atoms with Crippen molar-refractivity contribution < 1.29 is 9.59 Å². The second-order valence-electron chi connectivity index (χ2n) is 7.02. The molecule has 0 saturated heterocycles. The summed E-state index contributed by atoms with van der Waals surface area (Å²) in [5, 5.41) is 13.1. The number of aromatic nitrogens is 3. The Kier molecular flexibility index (Phi) is 4.88. The zero-order valence-corrected chi connectivity index (χ0v) is 17.9. The molecule has 0 radical (unpaired) electrons. The molecule has 150 valence electrons. The molecule has 0 aliphatic carbocycles. The second-order valence-corrected chi connectivity index (χ2v) is 9.03. The van der Waals surface area contributed by atoms with E-state index in [0.29, 0.717) is 24.1 Å². The lowest BCUT2D eigenvalue weighted by atomic mass is 9.94. The smallest absolute Gasteiger partial charge is 0.261 e. The molecule has 2 aromatic heterocycles. The van der Waals surface area contributed by atoms with Gasteiger partial charge in [-0.3, -0.25) is 14.5 Å². The minimum Gasteiger partial charge on any atom is -0.305 e. The summed E-state index contributed by atoms with van der Waals surface area (Å²) in [4.78, 5) is 28.3. The lowest BCUT2D eigenvalue weighted by Gasteiger charge is -2.27. The molecule has 30 heavy (non-hydrogen) atoms. The predicted octanol–water partition coefficient (Wildman–Crippen LogP) is 4.48. The summed E-state index contributed by atoms with van der Waals surface area (Å²) in [6.45, 7) is 0.380. The summed E-state index contributed by atoms with van der Waals surface area (Å²) >= 11 is 3.21. The summed E-state index contributed by atoms with van der Waals surface area (Å²) in [5.41, 5.74) is 1.20. The van der Waals surface area contributed by atoms with Crippen LogP contribution >= 0.6 is 23.1 Å². The van der Waals surface area contributed by atoms with Gasteiger partial charge in [0, 0.05) is 35.9 Å². The molecule has 2 aromatic carbocycles. The number of thiophene rings is 1. The fraction of sp³-hybridized carbons (Fsp3) is 0.182. The van der Waals surface area contributed by atoms with Crippen LogP contribution in [0, 0.1) is 0 Å². The number of nitrogens with zero attached hydrogens (tertiary/aromatic N) is 4. The average molecular weight is 435 g/mol. The van der Waals surface area contributed by atoms with Crippen molar-refractivity contribution in [2.45, 2.75) is 11.6 Å². The van der Waals surface area contributed by atoms with Gasteiger partial charge in [0.25, 0.3) is 11.8 Å². The van der Waals surface area contributed by atoms with Gasteiger partial charge in [-0.1, -0.05) is 42.1 Å². The molecule has 0 bridgehead atoms. The van der Waals surface area contributed by atoms with Gasteiger partial charge >= 0.3 is 0 Å². The highest BCUT2D eigenvalue weighted by molar-refractivity contribution is 7.99. The zero-order valence-electron chi connectivity index (χ0n) is 16.2. The monoisotopic (exact) mass is 434 g/mol. The first kappa shape index (κ1) is 19.0. The van der Waals surface area contributed by atoms with Gasteiger partial charge in [-0.15, -0.1) is 21.5 Å². The number of thioether (sulfide) groups is 1. The van der Waals surface area contributed by atoms with Gasteiger partial charge in [0.1, 0.15) is 0 Å². The van der Waals surface area contributed by atoms with Crippen LogP contribution in [0.2, 0.25) is 0 Å². The molecule has 2 amide bonds. The molecule has 4 aromatic rings. The van der Waals surface area contributed by atoms with Gasteiger partial charge in [-0.25, -0.2) is 0 Å². The SMILES string of the molecule is Cn1c(SCCCN2C(=O)c3cccc4cccc(c34)C2=O)nnc1-c1cccs1. The maximum absolute atomic E-state index is 12.9. The Morgan fingerprint density at radius 2 is 1.70 bits per heavy atom. The number of carbonyl (C=O) groups excluding carboxylic acids is 2. The van der Waals surface area contributed by atoms with Crippen LogP contribution in [0.5, 0.6) is 0 Å². The Labute approximate surface area is 181 Å². The van der Waals surface area contributed by atoms with E-state index in [0.717, 1.165) is 32.4 Å². The Morgan fingerprint density at radius 3 is 2.37 bits per heavy atom. The minimum absolute atomic E-state index is 0.215. The minimum atomic E-state index is -0.215. The largest absolute Gasteiger partial charge is 0.305 e. The molecule has 3 heterocycles. The number of hydrogen-bond donors (Lipinski definition) is 0. The van der Waals surface area contributed by atoms with Crippen molar-refractivity contribution in [2.24, 2.45) is 7.05 Å². The molecule has 5 rings (SSSR count). The lowest BCUT2D eigenvalue weighted by molar-refractivity contribution is 0.0611. The van der Waals surface area contributed by atoms with Crippen molar-refractivity contribution >= 4 is 45.7 Å². The number of carbonyl (C=O) groups is 2. The molecular formula is C22H18N4O2S2. The van der Waals surface area contributed by atoms with Crippen LogP contribution in [0.3, 0.4) is 0 Å². The topological polar surface area (TPSA) is 68.1 Å². The Morgan fingerprint density at radius 1 is 0.967 bits per heavy atom. The summed E-state index contributed by atoms with van der Waals surface area (Å²) in [5.74, 6) is 1.15. The van der Waals surface area contributed by atoms with Gasteiger partial charge in [0.2, 0.25) is 0 Å². The zero-order chi connectivity index (χ0) is 20.7. The molecule has 1 aliphatic rings.